The lowest BCUT2D eigenvalue weighted by molar-refractivity contribution is 0.0702. The highest BCUT2D eigenvalue weighted by atomic mass is 32.1. The second-order valence-corrected chi connectivity index (χ2v) is 6.04. The van der Waals surface area contributed by atoms with E-state index in [9.17, 15) is 9.90 Å². The molecular formula is C19H15NO3S. The van der Waals surface area contributed by atoms with E-state index >= 15 is 0 Å². The molecule has 0 aliphatic carbocycles. The van der Waals surface area contributed by atoms with Crippen molar-refractivity contribution in [3.8, 4) is 17.0 Å². The number of thiazole rings is 1. The van der Waals surface area contributed by atoms with Crippen LogP contribution in [0.3, 0.4) is 0 Å². The van der Waals surface area contributed by atoms with Crippen molar-refractivity contribution < 1.29 is 14.6 Å². The molecule has 0 saturated heterocycles. The molecule has 0 saturated carbocycles. The van der Waals surface area contributed by atoms with Crippen LogP contribution in [0, 0.1) is 0 Å². The van der Waals surface area contributed by atoms with E-state index in [-0.39, 0.29) is 4.88 Å². The zero-order valence-electron chi connectivity index (χ0n) is 13.0. The van der Waals surface area contributed by atoms with Gasteiger partial charge >= 0.3 is 5.97 Å². The lowest BCUT2D eigenvalue weighted by atomic mass is 10.1. The summed E-state index contributed by atoms with van der Waals surface area (Å²) < 4.78 is 5.13. The van der Waals surface area contributed by atoms with Gasteiger partial charge in [-0.1, -0.05) is 48.5 Å². The van der Waals surface area contributed by atoms with Crippen molar-refractivity contribution in [1.29, 1.82) is 0 Å². The Labute approximate surface area is 143 Å². The molecule has 3 aromatic rings. The van der Waals surface area contributed by atoms with Crippen LogP contribution < -0.4 is 4.74 Å². The minimum Gasteiger partial charge on any atom is -0.497 e. The summed E-state index contributed by atoms with van der Waals surface area (Å²) in [6, 6.07) is 17.0. The van der Waals surface area contributed by atoms with Crippen molar-refractivity contribution >= 4 is 29.5 Å². The Hall–Kier alpha value is -2.92. The molecule has 5 heteroatoms. The van der Waals surface area contributed by atoms with E-state index in [1.54, 1.807) is 7.11 Å². The summed E-state index contributed by atoms with van der Waals surface area (Å²) in [5.41, 5.74) is 2.29. The first-order chi connectivity index (χ1) is 11.7. The number of carboxylic acid groups (broad SMARTS) is 1. The van der Waals surface area contributed by atoms with E-state index in [0.717, 1.165) is 16.9 Å². The average molecular weight is 337 g/mol. The van der Waals surface area contributed by atoms with Gasteiger partial charge in [-0.15, -0.1) is 11.3 Å². The van der Waals surface area contributed by atoms with Crippen LogP contribution >= 0.6 is 11.3 Å². The summed E-state index contributed by atoms with van der Waals surface area (Å²) in [7, 11) is 1.62. The number of methoxy groups -OCH3 is 1. The van der Waals surface area contributed by atoms with E-state index in [1.807, 2.05) is 66.7 Å². The maximum absolute atomic E-state index is 11.5. The van der Waals surface area contributed by atoms with Gasteiger partial charge in [0.1, 0.15) is 15.6 Å². The normalized spacial score (nSPS) is 10.9. The van der Waals surface area contributed by atoms with Crippen molar-refractivity contribution in [1.82, 2.24) is 4.98 Å². The zero-order chi connectivity index (χ0) is 16.9. The SMILES string of the molecule is COc1ccc(/C=C/c2nc(-c3ccccc3)c(C(=O)O)s2)cc1. The quantitative estimate of drug-likeness (QED) is 0.734. The highest BCUT2D eigenvalue weighted by Gasteiger charge is 2.17. The zero-order valence-corrected chi connectivity index (χ0v) is 13.8. The third kappa shape index (κ3) is 3.52. The van der Waals surface area contributed by atoms with Gasteiger partial charge < -0.3 is 9.84 Å². The molecule has 0 aliphatic rings. The first-order valence-electron chi connectivity index (χ1n) is 7.29. The Bertz CT molecular complexity index is 867. The number of aromatic carboxylic acids is 1. The summed E-state index contributed by atoms with van der Waals surface area (Å²) in [5, 5.41) is 10.1. The van der Waals surface area contributed by atoms with Gasteiger partial charge in [-0.3, -0.25) is 0 Å². The summed E-state index contributed by atoms with van der Waals surface area (Å²) in [6.07, 6.45) is 3.73. The van der Waals surface area contributed by atoms with E-state index in [1.165, 1.54) is 11.3 Å². The Morgan fingerprint density at radius 2 is 1.79 bits per heavy atom. The minimum atomic E-state index is -0.963. The predicted molar refractivity (Wildman–Crippen MR) is 96.4 cm³/mol. The number of aromatic nitrogens is 1. The van der Waals surface area contributed by atoms with Crippen LogP contribution in [0.1, 0.15) is 20.2 Å². The molecular weight excluding hydrogens is 322 g/mol. The number of benzene rings is 2. The lowest BCUT2D eigenvalue weighted by Crippen LogP contribution is -1.95. The largest absolute Gasteiger partial charge is 0.497 e. The molecule has 0 atom stereocenters. The Morgan fingerprint density at radius 1 is 1.08 bits per heavy atom. The second kappa shape index (κ2) is 7.10. The van der Waals surface area contributed by atoms with Gasteiger partial charge in [-0.2, -0.15) is 0 Å². The molecule has 4 nitrogen and oxygen atoms in total. The van der Waals surface area contributed by atoms with Crippen molar-refractivity contribution in [2.45, 2.75) is 0 Å². The molecule has 0 aliphatic heterocycles. The molecule has 1 heterocycles. The van der Waals surface area contributed by atoms with E-state index in [2.05, 4.69) is 4.98 Å². The van der Waals surface area contributed by atoms with E-state index in [0.29, 0.717) is 10.7 Å². The van der Waals surface area contributed by atoms with Crippen LogP contribution in [-0.2, 0) is 0 Å². The molecule has 0 spiro atoms. The number of ether oxygens (including phenoxy) is 1. The molecule has 120 valence electrons. The Kier molecular flexibility index (Phi) is 4.72. The van der Waals surface area contributed by atoms with Crippen LogP contribution in [0.4, 0.5) is 0 Å². The summed E-state index contributed by atoms with van der Waals surface area (Å²) in [4.78, 5) is 16.2. The number of carbonyl (C=O) groups is 1. The molecule has 0 amide bonds. The van der Waals surface area contributed by atoms with Gasteiger partial charge in [0.2, 0.25) is 0 Å². The molecule has 0 fully saturated rings. The van der Waals surface area contributed by atoms with Gasteiger partial charge in [0, 0.05) is 5.56 Å². The highest BCUT2D eigenvalue weighted by molar-refractivity contribution is 7.15. The number of hydrogen-bond acceptors (Lipinski definition) is 4. The van der Waals surface area contributed by atoms with Gasteiger partial charge in [0.15, 0.2) is 0 Å². The smallest absolute Gasteiger partial charge is 0.348 e. The maximum atomic E-state index is 11.5. The molecule has 0 radical (unpaired) electrons. The molecule has 1 aromatic heterocycles. The topological polar surface area (TPSA) is 59.4 Å². The molecule has 24 heavy (non-hydrogen) atoms. The Balaban J connectivity index is 1.91. The first kappa shape index (κ1) is 16.0. The third-order valence-electron chi connectivity index (χ3n) is 3.42. The van der Waals surface area contributed by atoms with Crippen molar-refractivity contribution in [3.05, 3.63) is 70.0 Å². The van der Waals surface area contributed by atoms with Crippen molar-refractivity contribution in [3.63, 3.8) is 0 Å². The monoisotopic (exact) mass is 337 g/mol. The minimum absolute atomic E-state index is 0.246. The first-order valence-corrected chi connectivity index (χ1v) is 8.10. The van der Waals surface area contributed by atoms with E-state index in [4.69, 9.17) is 4.74 Å². The van der Waals surface area contributed by atoms with Gasteiger partial charge in [-0.05, 0) is 23.8 Å². The molecule has 3 rings (SSSR count). The maximum Gasteiger partial charge on any atom is 0.348 e. The molecule has 0 unspecified atom stereocenters. The number of rotatable bonds is 5. The second-order valence-electron chi connectivity index (χ2n) is 5.01. The summed E-state index contributed by atoms with van der Waals surface area (Å²) >= 11 is 1.17. The van der Waals surface area contributed by atoms with Crippen LogP contribution in [0.5, 0.6) is 5.75 Å². The molecule has 1 N–H and O–H groups in total. The van der Waals surface area contributed by atoms with Crippen LogP contribution in [0.25, 0.3) is 23.4 Å². The fourth-order valence-corrected chi connectivity index (χ4v) is 3.06. The molecule has 0 bridgehead atoms. The Morgan fingerprint density at radius 3 is 2.42 bits per heavy atom. The average Bonchev–Trinajstić information content (AvgIpc) is 3.06. The number of nitrogens with zero attached hydrogens (tertiary/aromatic N) is 1. The highest BCUT2D eigenvalue weighted by Crippen LogP contribution is 2.29. The van der Waals surface area contributed by atoms with Crippen molar-refractivity contribution in [2.75, 3.05) is 7.11 Å². The summed E-state index contributed by atoms with van der Waals surface area (Å²) in [6.45, 7) is 0. The number of carboxylic acids is 1. The molecule has 2 aromatic carbocycles. The standard InChI is InChI=1S/C19H15NO3S/c1-23-15-10-7-13(8-11-15)9-12-16-20-17(18(24-16)19(21)22)14-5-3-2-4-6-14/h2-12H,1H3,(H,21,22)/b12-9+. The van der Waals surface area contributed by atoms with Gasteiger partial charge in [0.25, 0.3) is 0 Å². The van der Waals surface area contributed by atoms with Gasteiger partial charge in [0.05, 0.1) is 12.8 Å². The fourth-order valence-electron chi connectivity index (χ4n) is 2.23. The lowest BCUT2D eigenvalue weighted by Gasteiger charge is -1.98. The number of hydrogen-bond donors (Lipinski definition) is 1. The van der Waals surface area contributed by atoms with Crippen LogP contribution in [0.2, 0.25) is 0 Å². The van der Waals surface area contributed by atoms with E-state index < -0.39 is 5.97 Å². The van der Waals surface area contributed by atoms with Gasteiger partial charge in [-0.25, -0.2) is 9.78 Å². The fraction of sp³-hybridized carbons (Fsp3) is 0.0526. The van der Waals surface area contributed by atoms with Crippen LogP contribution in [-0.4, -0.2) is 23.2 Å². The summed E-state index contributed by atoms with van der Waals surface area (Å²) in [5.74, 6) is -0.170. The van der Waals surface area contributed by atoms with Crippen molar-refractivity contribution in [2.24, 2.45) is 0 Å². The predicted octanol–water partition coefficient (Wildman–Crippen LogP) is 4.69. The van der Waals surface area contributed by atoms with Crippen LogP contribution in [0.15, 0.2) is 54.6 Å². The third-order valence-corrected chi connectivity index (χ3v) is 4.43.